The fourth-order valence-corrected chi connectivity index (χ4v) is 2.66. The maximum atomic E-state index is 14.1. The highest BCUT2D eigenvalue weighted by molar-refractivity contribution is 5.81. The third-order valence-corrected chi connectivity index (χ3v) is 3.98. The molecule has 126 valence electrons. The van der Waals surface area contributed by atoms with E-state index < -0.39 is 6.10 Å². The van der Waals surface area contributed by atoms with Crippen LogP contribution in [0.3, 0.4) is 0 Å². The number of carbonyl (C=O) groups excluding carboxylic acids is 1. The van der Waals surface area contributed by atoms with Crippen LogP contribution in [-0.2, 0) is 9.53 Å². The molecule has 0 saturated carbocycles. The number of anilines is 1. The van der Waals surface area contributed by atoms with Crippen molar-refractivity contribution < 1.29 is 13.9 Å². The van der Waals surface area contributed by atoms with Crippen molar-refractivity contribution >= 4 is 11.9 Å². The SMILES string of the molecule is CNC(=O)C1CN(c2ncc(C)c(-c3ccccc3F)n2)CCO1. The summed E-state index contributed by atoms with van der Waals surface area (Å²) in [6, 6.07) is 6.52. The minimum Gasteiger partial charge on any atom is -0.365 e. The van der Waals surface area contributed by atoms with E-state index in [0.717, 1.165) is 5.56 Å². The Morgan fingerprint density at radius 3 is 2.96 bits per heavy atom. The van der Waals surface area contributed by atoms with Crippen LogP contribution < -0.4 is 10.2 Å². The number of hydrogen-bond acceptors (Lipinski definition) is 5. The first-order chi connectivity index (χ1) is 11.6. The molecule has 24 heavy (non-hydrogen) atoms. The second kappa shape index (κ2) is 6.92. The predicted molar refractivity (Wildman–Crippen MR) is 88.2 cm³/mol. The highest BCUT2D eigenvalue weighted by Crippen LogP contribution is 2.25. The second-order valence-electron chi connectivity index (χ2n) is 5.60. The van der Waals surface area contributed by atoms with Crippen LogP contribution in [0.1, 0.15) is 5.56 Å². The van der Waals surface area contributed by atoms with E-state index in [2.05, 4.69) is 15.3 Å². The summed E-state index contributed by atoms with van der Waals surface area (Å²) < 4.78 is 19.6. The number of nitrogens with one attached hydrogen (secondary N) is 1. The topological polar surface area (TPSA) is 67.4 Å². The van der Waals surface area contributed by atoms with Gasteiger partial charge in [-0.25, -0.2) is 14.4 Å². The van der Waals surface area contributed by atoms with Crippen molar-refractivity contribution in [1.82, 2.24) is 15.3 Å². The number of amides is 1. The molecular formula is C17H19FN4O2. The van der Waals surface area contributed by atoms with Crippen LogP contribution in [0.2, 0.25) is 0 Å². The first kappa shape index (κ1) is 16.3. The Kier molecular flexibility index (Phi) is 4.71. The first-order valence-electron chi connectivity index (χ1n) is 7.77. The lowest BCUT2D eigenvalue weighted by molar-refractivity contribution is -0.132. The van der Waals surface area contributed by atoms with Gasteiger partial charge in [-0.2, -0.15) is 0 Å². The molecule has 1 fully saturated rings. The van der Waals surface area contributed by atoms with Crippen molar-refractivity contribution in [3.05, 3.63) is 41.8 Å². The average molecular weight is 330 g/mol. The number of halogens is 1. The van der Waals surface area contributed by atoms with Crippen molar-refractivity contribution in [2.75, 3.05) is 31.6 Å². The number of nitrogens with zero attached hydrogens (tertiary/aromatic N) is 3. The molecule has 0 spiro atoms. The van der Waals surface area contributed by atoms with Crippen LogP contribution in [0.25, 0.3) is 11.3 Å². The smallest absolute Gasteiger partial charge is 0.250 e. The van der Waals surface area contributed by atoms with Crippen LogP contribution in [0.15, 0.2) is 30.5 Å². The normalized spacial score (nSPS) is 17.6. The molecule has 1 aliphatic rings. The first-order valence-corrected chi connectivity index (χ1v) is 7.77. The van der Waals surface area contributed by atoms with Gasteiger partial charge in [0.15, 0.2) is 6.10 Å². The lowest BCUT2D eigenvalue weighted by Gasteiger charge is -2.32. The van der Waals surface area contributed by atoms with E-state index in [1.54, 1.807) is 31.4 Å². The summed E-state index contributed by atoms with van der Waals surface area (Å²) in [5.41, 5.74) is 1.79. The fraction of sp³-hybridized carbons (Fsp3) is 0.353. The zero-order valence-corrected chi connectivity index (χ0v) is 13.6. The number of hydrogen-bond donors (Lipinski definition) is 1. The van der Waals surface area contributed by atoms with Gasteiger partial charge in [0.05, 0.1) is 18.8 Å². The van der Waals surface area contributed by atoms with E-state index in [9.17, 15) is 9.18 Å². The summed E-state index contributed by atoms with van der Waals surface area (Å²) in [6.07, 6.45) is 1.11. The second-order valence-corrected chi connectivity index (χ2v) is 5.60. The van der Waals surface area contributed by atoms with Crippen LogP contribution in [0, 0.1) is 12.7 Å². The van der Waals surface area contributed by atoms with Crippen molar-refractivity contribution in [3.8, 4) is 11.3 Å². The van der Waals surface area contributed by atoms with Gasteiger partial charge in [-0.15, -0.1) is 0 Å². The molecule has 3 rings (SSSR count). The monoisotopic (exact) mass is 330 g/mol. The number of aromatic nitrogens is 2. The van der Waals surface area contributed by atoms with E-state index in [1.165, 1.54) is 6.07 Å². The van der Waals surface area contributed by atoms with Crippen molar-refractivity contribution in [3.63, 3.8) is 0 Å². The molecule has 7 heteroatoms. The van der Waals surface area contributed by atoms with Crippen molar-refractivity contribution in [2.24, 2.45) is 0 Å². The molecule has 1 unspecified atom stereocenters. The molecule has 1 N–H and O–H groups in total. The summed E-state index contributed by atoms with van der Waals surface area (Å²) in [6.45, 7) is 3.19. The highest BCUT2D eigenvalue weighted by Gasteiger charge is 2.27. The van der Waals surface area contributed by atoms with Crippen LogP contribution in [0.5, 0.6) is 0 Å². The molecule has 2 aromatic rings. The van der Waals surface area contributed by atoms with Crippen LogP contribution >= 0.6 is 0 Å². The summed E-state index contributed by atoms with van der Waals surface area (Å²) in [4.78, 5) is 22.5. The minimum atomic E-state index is -0.564. The summed E-state index contributed by atoms with van der Waals surface area (Å²) in [7, 11) is 1.57. The van der Waals surface area contributed by atoms with Gasteiger partial charge in [0.2, 0.25) is 5.95 Å². The maximum absolute atomic E-state index is 14.1. The molecule has 2 heterocycles. The van der Waals surface area contributed by atoms with E-state index in [0.29, 0.717) is 36.9 Å². The molecule has 1 atom stereocenters. The summed E-state index contributed by atoms with van der Waals surface area (Å²) >= 11 is 0. The van der Waals surface area contributed by atoms with Gasteiger partial charge in [-0.3, -0.25) is 4.79 Å². The van der Waals surface area contributed by atoms with E-state index >= 15 is 0 Å². The molecule has 0 radical (unpaired) electrons. The van der Waals surface area contributed by atoms with E-state index in [4.69, 9.17) is 4.74 Å². The Morgan fingerprint density at radius 2 is 2.21 bits per heavy atom. The third kappa shape index (κ3) is 3.21. The van der Waals surface area contributed by atoms with Gasteiger partial charge in [-0.05, 0) is 24.6 Å². The molecule has 1 aromatic carbocycles. The predicted octanol–water partition coefficient (Wildman–Crippen LogP) is 1.54. The number of carbonyl (C=O) groups is 1. The van der Waals surface area contributed by atoms with E-state index in [-0.39, 0.29) is 11.7 Å². The maximum Gasteiger partial charge on any atom is 0.250 e. The van der Waals surface area contributed by atoms with Gasteiger partial charge in [0, 0.05) is 25.4 Å². The number of rotatable bonds is 3. The number of ether oxygens (including phenoxy) is 1. The summed E-state index contributed by atoms with van der Waals surface area (Å²) in [5, 5.41) is 2.58. The summed E-state index contributed by atoms with van der Waals surface area (Å²) in [5.74, 6) is -0.0346. The molecule has 0 bridgehead atoms. The Balaban J connectivity index is 1.91. The van der Waals surface area contributed by atoms with Gasteiger partial charge >= 0.3 is 0 Å². The lowest BCUT2D eigenvalue weighted by Crippen LogP contribution is -2.49. The van der Waals surface area contributed by atoms with Crippen LogP contribution in [0.4, 0.5) is 10.3 Å². The average Bonchev–Trinajstić information content (AvgIpc) is 2.62. The lowest BCUT2D eigenvalue weighted by atomic mass is 10.1. The van der Waals surface area contributed by atoms with Gasteiger partial charge < -0.3 is 15.0 Å². The quantitative estimate of drug-likeness (QED) is 0.925. The minimum absolute atomic E-state index is 0.180. The largest absolute Gasteiger partial charge is 0.365 e. The van der Waals surface area contributed by atoms with Gasteiger partial charge in [0.1, 0.15) is 5.82 Å². The molecule has 6 nitrogen and oxygen atoms in total. The Labute approximate surface area is 139 Å². The Bertz CT molecular complexity index is 753. The zero-order chi connectivity index (χ0) is 17.1. The molecule has 1 aromatic heterocycles. The van der Waals surface area contributed by atoms with Crippen molar-refractivity contribution in [2.45, 2.75) is 13.0 Å². The highest BCUT2D eigenvalue weighted by atomic mass is 19.1. The van der Waals surface area contributed by atoms with Gasteiger partial charge in [-0.1, -0.05) is 12.1 Å². The number of aryl methyl sites for hydroxylation is 1. The molecule has 0 aliphatic carbocycles. The zero-order valence-electron chi connectivity index (χ0n) is 13.6. The molecule has 1 aliphatic heterocycles. The molecule has 1 amide bonds. The number of morpholine rings is 1. The molecular weight excluding hydrogens is 311 g/mol. The van der Waals surface area contributed by atoms with Crippen LogP contribution in [-0.4, -0.2) is 48.7 Å². The Hall–Kier alpha value is -2.54. The van der Waals surface area contributed by atoms with Crippen molar-refractivity contribution in [1.29, 1.82) is 0 Å². The van der Waals surface area contributed by atoms with E-state index in [1.807, 2.05) is 11.8 Å². The third-order valence-electron chi connectivity index (χ3n) is 3.98. The number of benzene rings is 1. The standard InChI is InChI=1S/C17H19FN4O2/c1-11-9-20-17(21-15(11)12-5-3-4-6-13(12)18)22-7-8-24-14(10-22)16(23)19-2/h3-6,9,14H,7-8,10H2,1-2H3,(H,19,23). The Morgan fingerprint density at radius 1 is 1.42 bits per heavy atom. The molecule has 1 saturated heterocycles. The fourth-order valence-electron chi connectivity index (χ4n) is 2.66. The van der Waals surface area contributed by atoms with Gasteiger partial charge in [0.25, 0.3) is 5.91 Å². The number of likely N-dealkylation sites (N-methyl/N-ethyl adjacent to an activating group) is 1.